The van der Waals surface area contributed by atoms with Crippen LogP contribution in [-0.4, -0.2) is 40.1 Å². The smallest absolute Gasteiger partial charge is 0.271 e. The molecule has 2 aromatic rings. The molecular weight excluding hydrogens is 452 g/mol. The second-order valence-corrected chi connectivity index (χ2v) is 10.2. The number of nitro groups is 1. The number of carbonyl (C=O) groups excluding carboxylic acids is 1. The number of nitrogens with one attached hydrogen (secondary N) is 4. The highest BCUT2D eigenvalue weighted by Gasteiger charge is 2.32. The van der Waals surface area contributed by atoms with Crippen molar-refractivity contribution in [1.29, 1.82) is 0 Å². The van der Waals surface area contributed by atoms with Gasteiger partial charge in [-0.1, -0.05) is 0 Å². The van der Waals surface area contributed by atoms with E-state index in [4.69, 9.17) is 5.73 Å². The zero-order valence-corrected chi connectivity index (χ0v) is 17.6. The number of sulfonamides is 2. The predicted molar refractivity (Wildman–Crippen MR) is 112 cm³/mol. The number of non-ortho nitro benzene ring substituents is 1. The van der Waals surface area contributed by atoms with E-state index in [2.05, 4.69) is 20.1 Å². The molecule has 1 aliphatic heterocycles. The van der Waals surface area contributed by atoms with Crippen LogP contribution in [-0.2, 0) is 31.4 Å². The first-order chi connectivity index (χ1) is 14.4. The summed E-state index contributed by atoms with van der Waals surface area (Å²) in [6, 6.07) is 7.48. The Labute approximate surface area is 177 Å². The zero-order chi connectivity index (χ0) is 23.0. The minimum atomic E-state index is -4.13. The molecule has 0 saturated carbocycles. The molecule has 0 bridgehead atoms. The molecular formula is C16H18N6O7S2. The van der Waals surface area contributed by atoms with E-state index in [1.165, 1.54) is 24.3 Å². The third kappa shape index (κ3) is 5.26. The van der Waals surface area contributed by atoms with Crippen LogP contribution < -0.4 is 25.8 Å². The minimum absolute atomic E-state index is 0.00688. The molecule has 1 unspecified atom stereocenters. The van der Waals surface area contributed by atoms with Crippen molar-refractivity contribution in [3.8, 4) is 0 Å². The fourth-order valence-corrected chi connectivity index (χ4v) is 4.30. The highest BCUT2D eigenvalue weighted by atomic mass is 32.2. The zero-order valence-electron chi connectivity index (χ0n) is 15.9. The van der Waals surface area contributed by atoms with Gasteiger partial charge in [0.1, 0.15) is 0 Å². The second kappa shape index (κ2) is 8.10. The van der Waals surface area contributed by atoms with E-state index in [0.29, 0.717) is 5.69 Å². The van der Waals surface area contributed by atoms with Crippen molar-refractivity contribution in [2.45, 2.75) is 17.6 Å². The molecule has 1 aliphatic rings. The van der Waals surface area contributed by atoms with Gasteiger partial charge in [-0.05, 0) is 29.8 Å². The molecule has 1 atom stereocenters. The molecule has 0 fully saturated rings. The molecule has 15 heteroatoms. The third-order valence-electron chi connectivity index (χ3n) is 4.21. The van der Waals surface area contributed by atoms with Gasteiger partial charge in [0.2, 0.25) is 20.0 Å². The maximum Gasteiger partial charge on any atom is 0.271 e. The number of hydrogen-bond donors (Lipinski definition) is 5. The van der Waals surface area contributed by atoms with Gasteiger partial charge >= 0.3 is 0 Å². The molecule has 166 valence electrons. The Morgan fingerprint density at radius 2 is 1.81 bits per heavy atom. The summed E-state index contributed by atoms with van der Waals surface area (Å²) < 4.78 is 52.5. The third-order valence-corrected chi connectivity index (χ3v) is 6.32. The van der Waals surface area contributed by atoms with Crippen molar-refractivity contribution in [2.75, 3.05) is 22.6 Å². The summed E-state index contributed by atoms with van der Waals surface area (Å²) in [5.74, 6) is -0.811. The maximum atomic E-state index is 12.6. The Morgan fingerprint density at radius 3 is 2.39 bits per heavy atom. The van der Waals surface area contributed by atoms with E-state index in [1.54, 1.807) is 0 Å². The van der Waals surface area contributed by atoms with E-state index in [-0.39, 0.29) is 34.1 Å². The summed E-state index contributed by atoms with van der Waals surface area (Å²) in [5, 5.41) is 16.3. The van der Waals surface area contributed by atoms with Gasteiger partial charge < -0.3 is 16.4 Å². The summed E-state index contributed by atoms with van der Waals surface area (Å²) in [4.78, 5) is 22.8. The van der Waals surface area contributed by atoms with Gasteiger partial charge in [0.25, 0.3) is 11.6 Å². The molecule has 1 amide bonds. The highest BCUT2D eigenvalue weighted by Crippen LogP contribution is 2.35. The number of nitrogen functional groups attached to an aromatic ring is 1. The topological polar surface area (TPSA) is 203 Å². The van der Waals surface area contributed by atoms with Crippen LogP contribution in [0.25, 0.3) is 0 Å². The Hall–Kier alpha value is -3.27. The standard InChI is InChI=1S/C16H18N6O7S2/c1-30(26,27)18-8-9-6-11(22(24)25)7-13-14(9)20-15(16(23)19-13)21-31(28,29)12-4-2-10(17)3-5-12/h2-7,15,18,20-21H,8,17H2,1H3,(H,19,23). The van der Waals surface area contributed by atoms with Crippen molar-refractivity contribution in [2.24, 2.45) is 0 Å². The second-order valence-electron chi connectivity index (χ2n) is 6.63. The van der Waals surface area contributed by atoms with Crippen LogP contribution >= 0.6 is 0 Å². The fourth-order valence-electron chi connectivity index (χ4n) is 2.78. The number of benzene rings is 2. The van der Waals surface area contributed by atoms with E-state index >= 15 is 0 Å². The number of amides is 1. The lowest BCUT2D eigenvalue weighted by molar-refractivity contribution is -0.384. The molecule has 6 N–H and O–H groups in total. The van der Waals surface area contributed by atoms with Crippen LogP contribution in [0.3, 0.4) is 0 Å². The number of nitro benzene ring substituents is 1. The Bertz CT molecular complexity index is 1260. The first-order valence-corrected chi connectivity index (χ1v) is 11.9. The first kappa shape index (κ1) is 22.4. The fraction of sp³-hybridized carbons (Fsp3) is 0.188. The monoisotopic (exact) mass is 470 g/mol. The summed E-state index contributed by atoms with van der Waals surface area (Å²) in [7, 11) is -7.76. The summed E-state index contributed by atoms with van der Waals surface area (Å²) in [6.07, 6.45) is -0.552. The number of rotatable bonds is 7. The van der Waals surface area contributed by atoms with Gasteiger partial charge in [-0.2, -0.15) is 4.72 Å². The quantitative estimate of drug-likeness (QED) is 0.208. The normalized spacial score (nSPS) is 16.2. The molecule has 3 rings (SSSR count). The Morgan fingerprint density at radius 1 is 1.16 bits per heavy atom. The van der Waals surface area contributed by atoms with Gasteiger partial charge in [-0.25, -0.2) is 21.6 Å². The molecule has 0 aromatic heterocycles. The average molecular weight is 470 g/mol. The molecule has 13 nitrogen and oxygen atoms in total. The number of nitrogens with two attached hydrogens (primary N) is 1. The maximum absolute atomic E-state index is 12.6. The van der Waals surface area contributed by atoms with Gasteiger partial charge in [-0.3, -0.25) is 14.9 Å². The van der Waals surface area contributed by atoms with E-state index in [9.17, 15) is 31.7 Å². The van der Waals surface area contributed by atoms with Crippen molar-refractivity contribution in [1.82, 2.24) is 9.44 Å². The van der Waals surface area contributed by atoms with Gasteiger partial charge in [0.15, 0.2) is 6.17 Å². The number of hydrogen-bond acceptors (Lipinski definition) is 9. The molecule has 0 radical (unpaired) electrons. The van der Waals surface area contributed by atoms with Crippen molar-refractivity contribution in [3.63, 3.8) is 0 Å². The van der Waals surface area contributed by atoms with Crippen LogP contribution in [0.2, 0.25) is 0 Å². The average Bonchev–Trinajstić information content (AvgIpc) is 2.66. The lowest BCUT2D eigenvalue weighted by Crippen LogP contribution is -2.51. The van der Waals surface area contributed by atoms with Gasteiger partial charge in [0, 0.05) is 24.4 Å². The Kier molecular flexibility index (Phi) is 5.86. The minimum Gasteiger partial charge on any atom is -0.399 e. The highest BCUT2D eigenvalue weighted by molar-refractivity contribution is 7.89. The van der Waals surface area contributed by atoms with Crippen molar-refractivity contribution in [3.05, 3.63) is 52.1 Å². The van der Waals surface area contributed by atoms with E-state index in [0.717, 1.165) is 18.4 Å². The largest absolute Gasteiger partial charge is 0.399 e. The summed E-state index contributed by atoms with van der Waals surface area (Å²) in [6.45, 7) is -0.330. The van der Waals surface area contributed by atoms with E-state index in [1.807, 2.05) is 0 Å². The summed E-state index contributed by atoms with van der Waals surface area (Å²) in [5.41, 5.74) is 5.79. The van der Waals surface area contributed by atoms with Crippen LogP contribution in [0.5, 0.6) is 0 Å². The van der Waals surface area contributed by atoms with Crippen LogP contribution in [0.4, 0.5) is 22.7 Å². The molecule has 0 aliphatic carbocycles. The number of nitrogens with zero attached hydrogens (tertiary/aromatic N) is 1. The number of fused-ring (bicyclic) bond motifs is 1. The van der Waals surface area contributed by atoms with Gasteiger partial charge in [-0.15, -0.1) is 0 Å². The van der Waals surface area contributed by atoms with Crippen molar-refractivity contribution >= 4 is 48.7 Å². The van der Waals surface area contributed by atoms with Crippen LogP contribution in [0.1, 0.15) is 5.56 Å². The van der Waals surface area contributed by atoms with Crippen LogP contribution in [0.15, 0.2) is 41.3 Å². The van der Waals surface area contributed by atoms with E-state index < -0.39 is 37.0 Å². The number of anilines is 3. The molecule has 0 spiro atoms. The summed E-state index contributed by atoms with van der Waals surface area (Å²) >= 11 is 0. The number of carbonyl (C=O) groups is 1. The molecule has 31 heavy (non-hydrogen) atoms. The van der Waals surface area contributed by atoms with Crippen LogP contribution in [0, 0.1) is 10.1 Å². The lowest BCUT2D eigenvalue weighted by atomic mass is 10.1. The molecule has 2 aromatic carbocycles. The first-order valence-electron chi connectivity index (χ1n) is 8.57. The predicted octanol–water partition coefficient (Wildman–Crippen LogP) is -0.105. The van der Waals surface area contributed by atoms with Gasteiger partial charge in [0.05, 0.1) is 27.4 Å². The van der Waals surface area contributed by atoms with Crippen molar-refractivity contribution < 1.29 is 26.6 Å². The SMILES string of the molecule is CS(=O)(=O)NCc1cc([N+](=O)[O-])cc2c1NC(NS(=O)(=O)c1ccc(N)cc1)C(=O)N2. The lowest BCUT2D eigenvalue weighted by Gasteiger charge is -2.29. The Balaban J connectivity index is 1.94. The molecule has 1 heterocycles. The molecule has 0 saturated heterocycles.